The molecule has 1 amide bonds. The van der Waals surface area contributed by atoms with Gasteiger partial charge in [0.15, 0.2) is 0 Å². The molecule has 4 heteroatoms. The summed E-state index contributed by atoms with van der Waals surface area (Å²) in [6.07, 6.45) is 5.72. The predicted molar refractivity (Wildman–Crippen MR) is 69.4 cm³/mol. The molecule has 0 radical (unpaired) electrons. The SMILES string of the molecule is O=C(NOC1CCCC1)c1ccc2c(c1)NCC2. The molecule has 0 saturated heterocycles. The van der Waals surface area contributed by atoms with Gasteiger partial charge in [0.2, 0.25) is 0 Å². The highest BCUT2D eigenvalue weighted by Gasteiger charge is 2.18. The normalized spacial score (nSPS) is 18.4. The van der Waals surface area contributed by atoms with Crippen LogP contribution in [0.2, 0.25) is 0 Å². The molecule has 1 aliphatic heterocycles. The van der Waals surface area contributed by atoms with E-state index in [2.05, 4.69) is 10.8 Å². The molecule has 2 N–H and O–H groups in total. The molecule has 0 bridgehead atoms. The van der Waals surface area contributed by atoms with E-state index in [9.17, 15) is 4.79 Å². The first-order valence-electron chi connectivity index (χ1n) is 6.66. The predicted octanol–water partition coefficient (Wildman–Crippen LogP) is 2.26. The van der Waals surface area contributed by atoms with Crippen molar-refractivity contribution in [3.8, 4) is 0 Å². The van der Waals surface area contributed by atoms with Gasteiger partial charge in [-0.1, -0.05) is 18.9 Å². The number of nitrogens with one attached hydrogen (secondary N) is 2. The Morgan fingerprint density at radius 1 is 1.33 bits per heavy atom. The Bertz CT molecular complexity index is 453. The molecule has 18 heavy (non-hydrogen) atoms. The number of benzene rings is 1. The lowest BCUT2D eigenvalue weighted by Crippen LogP contribution is -2.28. The molecule has 0 spiro atoms. The summed E-state index contributed by atoms with van der Waals surface area (Å²) in [5.74, 6) is -0.154. The number of anilines is 1. The Hall–Kier alpha value is -1.55. The Morgan fingerprint density at radius 2 is 2.17 bits per heavy atom. The number of carbonyl (C=O) groups is 1. The lowest BCUT2D eigenvalue weighted by Gasteiger charge is -2.11. The van der Waals surface area contributed by atoms with Gasteiger partial charge in [-0.05, 0) is 37.0 Å². The summed E-state index contributed by atoms with van der Waals surface area (Å²) < 4.78 is 0. The van der Waals surface area contributed by atoms with Crippen LogP contribution in [0, 0.1) is 0 Å². The fourth-order valence-electron chi connectivity index (χ4n) is 2.63. The number of hydrogen-bond donors (Lipinski definition) is 2. The van der Waals surface area contributed by atoms with E-state index >= 15 is 0 Å². The molecule has 1 aromatic carbocycles. The largest absolute Gasteiger partial charge is 0.384 e. The van der Waals surface area contributed by atoms with E-state index in [0.717, 1.165) is 31.5 Å². The fraction of sp³-hybridized carbons (Fsp3) is 0.500. The second-order valence-corrected chi connectivity index (χ2v) is 5.00. The van der Waals surface area contributed by atoms with Crippen molar-refractivity contribution in [1.29, 1.82) is 0 Å². The Kier molecular flexibility index (Phi) is 3.19. The average Bonchev–Trinajstić information content (AvgIpc) is 3.05. The number of rotatable bonds is 3. The van der Waals surface area contributed by atoms with Gasteiger partial charge >= 0.3 is 0 Å². The zero-order valence-corrected chi connectivity index (χ0v) is 10.4. The summed E-state index contributed by atoms with van der Waals surface area (Å²) in [6, 6.07) is 5.77. The first-order valence-corrected chi connectivity index (χ1v) is 6.66. The minimum Gasteiger partial charge on any atom is -0.384 e. The summed E-state index contributed by atoms with van der Waals surface area (Å²) in [7, 11) is 0. The van der Waals surface area contributed by atoms with Gasteiger partial charge in [0.05, 0.1) is 6.10 Å². The minimum absolute atomic E-state index is 0.154. The van der Waals surface area contributed by atoms with Crippen LogP contribution in [-0.4, -0.2) is 18.6 Å². The van der Waals surface area contributed by atoms with Crippen LogP contribution in [0.1, 0.15) is 41.6 Å². The second-order valence-electron chi connectivity index (χ2n) is 5.00. The maximum absolute atomic E-state index is 11.9. The molecule has 0 aromatic heterocycles. The highest BCUT2D eigenvalue weighted by atomic mass is 16.7. The Balaban J connectivity index is 1.61. The molecule has 2 aliphatic rings. The van der Waals surface area contributed by atoms with Crippen LogP contribution in [-0.2, 0) is 11.3 Å². The zero-order valence-electron chi connectivity index (χ0n) is 10.4. The third-order valence-corrected chi connectivity index (χ3v) is 3.70. The van der Waals surface area contributed by atoms with Crippen LogP contribution in [0.25, 0.3) is 0 Å². The van der Waals surface area contributed by atoms with E-state index < -0.39 is 0 Å². The summed E-state index contributed by atoms with van der Waals surface area (Å²) in [5, 5.41) is 3.27. The first kappa shape index (κ1) is 11.5. The third kappa shape index (κ3) is 2.34. The van der Waals surface area contributed by atoms with Crippen LogP contribution in [0.3, 0.4) is 0 Å². The smallest absolute Gasteiger partial charge is 0.274 e. The van der Waals surface area contributed by atoms with Crippen molar-refractivity contribution in [2.75, 3.05) is 11.9 Å². The van der Waals surface area contributed by atoms with Crippen molar-refractivity contribution in [3.05, 3.63) is 29.3 Å². The van der Waals surface area contributed by atoms with Gasteiger partial charge in [-0.25, -0.2) is 5.48 Å². The standard InChI is InChI=1S/C14H18N2O2/c17-14(16-18-12-3-1-2-4-12)11-6-5-10-7-8-15-13(10)9-11/h5-6,9,12,15H,1-4,7-8H2,(H,16,17). The van der Waals surface area contributed by atoms with Gasteiger partial charge in [0.1, 0.15) is 0 Å². The van der Waals surface area contributed by atoms with Crippen molar-refractivity contribution < 1.29 is 9.63 Å². The van der Waals surface area contributed by atoms with Crippen LogP contribution in [0.15, 0.2) is 18.2 Å². The molecule has 3 rings (SSSR count). The fourth-order valence-corrected chi connectivity index (χ4v) is 2.63. The number of hydroxylamine groups is 1. The lowest BCUT2D eigenvalue weighted by molar-refractivity contribution is -0.0124. The van der Waals surface area contributed by atoms with Crippen molar-refractivity contribution in [3.63, 3.8) is 0 Å². The molecule has 0 atom stereocenters. The van der Waals surface area contributed by atoms with E-state index in [4.69, 9.17) is 4.84 Å². The van der Waals surface area contributed by atoms with Gasteiger partial charge < -0.3 is 5.32 Å². The number of carbonyl (C=O) groups excluding carboxylic acids is 1. The van der Waals surface area contributed by atoms with Gasteiger partial charge in [0, 0.05) is 17.8 Å². The average molecular weight is 246 g/mol. The minimum atomic E-state index is -0.154. The van der Waals surface area contributed by atoms with Crippen molar-refractivity contribution in [1.82, 2.24) is 5.48 Å². The summed E-state index contributed by atoms with van der Waals surface area (Å²) in [4.78, 5) is 17.4. The van der Waals surface area contributed by atoms with E-state index in [1.807, 2.05) is 18.2 Å². The maximum Gasteiger partial charge on any atom is 0.274 e. The van der Waals surface area contributed by atoms with Gasteiger partial charge in [-0.3, -0.25) is 9.63 Å². The third-order valence-electron chi connectivity index (χ3n) is 3.70. The summed E-state index contributed by atoms with van der Waals surface area (Å²) >= 11 is 0. The zero-order chi connectivity index (χ0) is 12.4. The van der Waals surface area contributed by atoms with E-state index in [0.29, 0.717) is 5.56 Å². The van der Waals surface area contributed by atoms with Gasteiger partial charge in [-0.15, -0.1) is 0 Å². The molecular weight excluding hydrogens is 228 g/mol. The molecule has 1 saturated carbocycles. The lowest BCUT2D eigenvalue weighted by atomic mass is 10.1. The van der Waals surface area contributed by atoms with E-state index in [-0.39, 0.29) is 12.0 Å². The summed E-state index contributed by atoms with van der Waals surface area (Å²) in [5.41, 5.74) is 5.57. The number of amides is 1. The summed E-state index contributed by atoms with van der Waals surface area (Å²) in [6.45, 7) is 0.957. The maximum atomic E-state index is 11.9. The quantitative estimate of drug-likeness (QED) is 0.804. The highest BCUT2D eigenvalue weighted by Crippen LogP contribution is 2.23. The van der Waals surface area contributed by atoms with Crippen LogP contribution in [0.5, 0.6) is 0 Å². The number of hydrogen-bond acceptors (Lipinski definition) is 3. The van der Waals surface area contributed by atoms with Crippen molar-refractivity contribution in [2.24, 2.45) is 0 Å². The molecule has 1 aromatic rings. The molecule has 1 aliphatic carbocycles. The Morgan fingerprint density at radius 3 is 3.00 bits per heavy atom. The topological polar surface area (TPSA) is 50.4 Å². The highest BCUT2D eigenvalue weighted by molar-refractivity contribution is 5.94. The van der Waals surface area contributed by atoms with Gasteiger partial charge in [0.25, 0.3) is 5.91 Å². The van der Waals surface area contributed by atoms with Crippen LogP contribution in [0.4, 0.5) is 5.69 Å². The molecule has 1 heterocycles. The van der Waals surface area contributed by atoms with Crippen LogP contribution < -0.4 is 10.8 Å². The molecule has 4 nitrogen and oxygen atoms in total. The first-order chi connectivity index (χ1) is 8.83. The molecule has 96 valence electrons. The monoisotopic (exact) mass is 246 g/mol. The van der Waals surface area contributed by atoms with Crippen molar-refractivity contribution in [2.45, 2.75) is 38.2 Å². The Labute approximate surface area is 107 Å². The van der Waals surface area contributed by atoms with E-state index in [1.54, 1.807) is 0 Å². The molecular formula is C14H18N2O2. The van der Waals surface area contributed by atoms with Crippen molar-refractivity contribution >= 4 is 11.6 Å². The van der Waals surface area contributed by atoms with E-state index in [1.165, 1.54) is 18.4 Å². The second kappa shape index (κ2) is 4.98. The number of fused-ring (bicyclic) bond motifs is 1. The molecule has 1 fully saturated rings. The molecule has 0 unspecified atom stereocenters. The van der Waals surface area contributed by atoms with Gasteiger partial charge in [-0.2, -0.15) is 0 Å². The van der Waals surface area contributed by atoms with Crippen LogP contribution >= 0.6 is 0 Å².